The van der Waals surface area contributed by atoms with Crippen molar-refractivity contribution in [3.05, 3.63) is 12.2 Å². The fourth-order valence-electron chi connectivity index (χ4n) is 11.3. The van der Waals surface area contributed by atoms with Gasteiger partial charge in [0.25, 0.3) is 0 Å². The first-order valence-corrected chi connectivity index (χ1v) is 36.2. The van der Waals surface area contributed by atoms with Crippen LogP contribution in [0.4, 0.5) is 0 Å². The van der Waals surface area contributed by atoms with Gasteiger partial charge in [0.05, 0.1) is 0 Å². The third-order valence-electron chi connectivity index (χ3n) is 16.8. The van der Waals surface area contributed by atoms with Crippen LogP contribution >= 0.6 is 0 Å². The van der Waals surface area contributed by atoms with Gasteiger partial charge >= 0.3 is 17.9 Å². The zero-order chi connectivity index (χ0) is 57.1. The fourth-order valence-corrected chi connectivity index (χ4v) is 11.3. The second-order valence-corrected chi connectivity index (χ2v) is 24.9. The monoisotopic (exact) mass is 1110 g/mol. The van der Waals surface area contributed by atoms with Crippen molar-refractivity contribution >= 4 is 17.9 Å². The van der Waals surface area contributed by atoms with Gasteiger partial charge in [-0.2, -0.15) is 0 Å². The van der Waals surface area contributed by atoms with Crippen molar-refractivity contribution in [1.82, 2.24) is 0 Å². The molecule has 0 aromatic carbocycles. The average molecular weight is 1110 g/mol. The van der Waals surface area contributed by atoms with E-state index in [0.29, 0.717) is 19.3 Å². The summed E-state index contributed by atoms with van der Waals surface area (Å²) in [5.74, 6) is -0.844. The maximum Gasteiger partial charge on any atom is 0.306 e. The van der Waals surface area contributed by atoms with E-state index in [-0.39, 0.29) is 31.1 Å². The lowest BCUT2D eigenvalue weighted by molar-refractivity contribution is -0.167. The van der Waals surface area contributed by atoms with Gasteiger partial charge in [-0.05, 0) is 38.5 Å². The van der Waals surface area contributed by atoms with Crippen LogP contribution in [-0.4, -0.2) is 37.2 Å². The number of hydrogen-bond donors (Lipinski definition) is 0. The first-order chi connectivity index (χ1) is 39.0. The highest BCUT2D eigenvalue weighted by Gasteiger charge is 2.19. The Morgan fingerprint density at radius 3 is 0.684 bits per heavy atom. The molecule has 0 heterocycles. The van der Waals surface area contributed by atoms with Crippen LogP contribution in [0.15, 0.2) is 12.2 Å². The van der Waals surface area contributed by atoms with Gasteiger partial charge in [0.2, 0.25) is 0 Å². The molecular formula is C73H140O6. The molecule has 0 rings (SSSR count). The van der Waals surface area contributed by atoms with Gasteiger partial charge in [0.1, 0.15) is 13.2 Å². The van der Waals surface area contributed by atoms with Crippen LogP contribution in [0.25, 0.3) is 0 Å². The Hall–Kier alpha value is -1.85. The predicted molar refractivity (Wildman–Crippen MR) is 344 cm³/mol. The van der Waals surface area contributed by atoms with E-state index in [9.17, 15) is 14.4 Å². The zero-order valence-corrected chi connectivity index (χ0v) is 53.9. The summed E-state index contributed by atoms with van der Waals surface area (Å²) < 4.78 is 16.9. The van der Waals surface area contributed by atoms with Gasteiger partial charge < -0.3 is 14.2 Å². The molecule has 0 bridgehead atoms. The number of rotatable bonds is 68. The summed E-state index contributed by atoms with van der Waals surface area (Å²) in [4.78, 5) is 38.3. The van der Waals surface area contributed by atoms with E-state index in [0.717, 1.165) is 70.6 Å². The molecule has 0 aliphatic heterocycles. The number of esters is 3. The van der Waals surface area contributed by atoms with Crippen LogP contribution in [0.5, 0.6) is 0 Å². The summed E-state index contributed by atoms with van der Waals surface area (Å²) in [6, 6.07) is 0. The largest absolute Gasteiger partial charge is 0.462 e. The summed E-state index contributed by atoms with van der Waals surface area (Å²) in [6.07, 6.45) is 82.8. The third-order valence-corrected chi connectivity index (χ3v) is 16.8. The molecule has 0 amide bonds. The van der Waals surface area contributed by atoms with Crippen molar-refractivity contribution in [3.8, 4) is 0 Å². The molecule has 0 aliphatic carbocycles. The molecule has 0 aliphatic rings. The number of carbonyl (C=O) groups is 3. The minimum Gasteiger partial charge on any atom is -0.462 e. The van der Waals surface area contributed by atoms with Crippen molar-refractivity contribution < 1.29 is 28.6 Å². The highest BCUT2D eigenvalue weighted by Crippen LogP contribution is 2.20. The Kier molecular flexibility index (Phi) is 67.0. The molecule has 0 saturated carbocycles. The van der Waals surface area contributed by atoms with Crippen LogP contribution < -0.4 is 0 Å². The van der Waals surface area contributed by atoms with Crippen LogP contribution in [0.1, 0.15) is 419 Å². The summed E-state index contributed by atoms with van der Waals surface area (Å²) in [6.45, 7) is 6.66. The lowest BCUT2D eigenvalue weighted by Crippen LogP contribution is -2.30. The van der Waals surface area contributed by atoms with Gasteiger partial charge in [-0.3, -0.25) is 14.4 Å². The molecule has 0 aromatic heterocycles. The van der Waals surface area contributed by atoms with Gasteiger partial charge in [-0.25, -0.2) is 0 Å². The second kappa shape index (κ2) is 68.6. The lowest BCUT2D eigenvalue weighted by Gasteiger charge is -2.18. The molecule has 6 heteroatoms. The van der Waals surface area contributed by atoms with E-state index in [4.69, 9.17) is 14.2 Å². The van der Waals surface area contributed by atoms with Gasteiger partial charge in [0.15, 0.2) is 6.10 Å². The van der Waals surface area contributed by atoms with Crippen LogP contribution in [0, 0.1) is 0 Å². The fraction of sp³-hybridized carbons (Fsp3) is 0.932. The number of ether oxygens (including phenoxy) is 3. The average Bonchev–Trinajstić information content (AvgIpc) is 3.45. The summed E-state index contributed by atoms with van der Waals surface area (Å²) >= 11 is 0. The number of unbranched alkanes of at least 4 members (excludes halogenated alkanes) is 55. The quantitative estimate of drug-likeness (QED) is 0.0261. The Morgan fingerprint density at radius 1 is 0.241 bits per heavy atom. The molecule has 0 aromatic rings. The Labute approximate surface area is 494 Å². The summed E-state index contributed by atoms with van der Waals surface area (Å²) in [5.41, 5.74) is 0. The van der Waals surface area contributed by atoms with Crippen molar-refractivity contribution in [2.75, 3.05) is 13.2 Å². The molecule has 6 nitrogen and oxygen atoms in total. The minimum atomic E-state index is -0.769. The number of carbonyl (C=O) groups excluding carboxylic acids is 3. The van der Waals surface area contributed by atoms with E-state index < -0.39 is 6.10 Å². The predicted octanol–water partition coefficient (Wildman–Crippen LogP) is 24.8. The first kappa shape index (κ1) is 77.2. The van der Waals surface area contributed by atoms with E-state index in [1.165, 1.54) is 308 Å². The van der Waals surface area contributed by atoms with Crippen molar-refractivity contribution in [1.29, 1.82) is 0 Å². The molecular weight excluding hydrogens is 973 g/mol. The number of allylic oxidation sites excluding steroid dienone is 2. The summed E-state index contributed by atoms with van der Waals surface area (Å²) in [5, 5.41) is 0. The highest BCUT2D eigenvalue weighted by molar-refractivity contribution is 5.71. The Morgan fingerprint density at radius 2 is 0.443 bits per heavy atom. The SMILES string of the molecule is CCC/C=C\CCCCCCCC(=O)OCC(COC(=O)CCCCCCCCCCCCCCCCCCCCCCCCCCCCCCCCC)OC(=O)CCCCCCCCCCCCCCCCCCCCCC. The normalized spacial score (nSPS) is 12.0. The van der Waals surface area contributed by atoms with Crippen LogP contribution in [0.3, 0.4) is 0 Å². The van der Waals surface area contributed by atoms with Crippen molar-refractivity contribution in [2.24, 2.45) is 0 Å². The van der Waals surface area contributed by atoms with E-state index in [1.54, 1.807) is 0 Å². The maximum atomic E-state index is 12.9. The van der Waals surface area contributed by atoms with E-state index in [2.05, 4.69) is 32.9 Å². The molecule has 0 radical (unpaired) electrons. The second-order valence-electron chi connectivity index (χ2n) is 24.9. The molecule has 468 valence electrons. The molecule has 0 N–H and O–H groups in total. The van der Waals surface area contributed by atoms with Crippen molar-refractivity contribution in [3.63, 3.8) is 0 Å². The van der Waals surface area contributed by atoms with Crippen LogP contribution in [0.2, 0.25) is 0 Å². The maximum absolute atomic E-state index is 12.9. The van der Waals surface area contributed by atoms with Crippen molar-refractivity contribution in [2.45, 2.75) is 425 Å². The van der Waals surface area contributed by atoms with Gasteiger partial charge in [-0.15, -0.1) is 0 Å². The standard InChI is InChI=1S/C73H140O6/c1-4-7-10-13-16-19-22-24-26-28-30-32-33-34-35-36-37-38-39-40-41-42-44-45-47-49-51-54-57-60-63-66-72(75)78-69-70(68-77-71(74)65-62-59-56-53-21-18-15-12-9-6-3)79-73(76)67-64-61-58-55-52-50-48-46-43-31-29-27-25-23-20-17-14-11-8-5-2/h12,15,70H,4-11,13-14,16-69H2,1-3H3/b15-12-. The molecule has 79 heavy (non-hydrogen) atoms. The first-order valence-electron chi connectivity index (χ1n) is 36.2. The van der Waals surface area contributed by atoms with E-state index >= 15 is 0 Å². The lowest BCUT2D eigenvalue weighted by atomic mass is 10.0. The Balaban J connectivity index is 4.05. The van der Waals surface area contributed by atoms with Gasteiger partial charge in [0, 0.05) is 19.3 Å². The van der Waals surface area contributed by atoms with Gasteiger partial charge in [-0.1, -0.05) is 373 Å². The molecule has 0 saturated heterocycles. The smallest absolute Gasteiger partial charge is 0.306 e. The summed E-state index contributed by atoms with van der Waals surface area (Å²) in [7, 11) is 0. The zero-order valence-electron chi connectivity index (χ0n) is 53.9. The molecule has 0 spiro atoms. The van der Waals surface area contributed by atoms with E-state index in [1.807, 2.05) is 0 Å². The molecule has 1 unspecified atom stereocenters. The number of hydrogen-bond acceptors (Lipinski definition) is 6. The topological polar surface area (TPSA) is 78.9 Å². The third kappa shape index (κ3) is 66.8. The molecule has 1 atom stereocenters. The highest BCUT2D eigenvalue weighted by atomic mass is 16.6. The Bertz CT molecular complexity index is 1230. The van der Waals surface area contributed by atoms with Crippen LogP contribution in [-0.2, 0) is 28.6 Å². The minimum absolute atomic E-state index is 0.0661. The molecule has 0 fully saturated rings.